The normalized spacial score (nSPS) is 47.0. The molecule has 0 aromatic heterocycles. The highest BCUT2D eigenvalue weighted by molar-refractivity contribution is 14.1. The van der Waals surface area contributed by atoms with Gasteiger partial charge in [-0.15, -0.1) is 0 Å². The van der Waals surface area contributed by atoms with Gasteiger partial charge in [0.1, 0.15) is 54.9 Å². The van der Waals surface area contributed by atoms with Crippen molar-refractivity contribution in [2.24, 2.45) is 22.9 Å². The molecule has 0 aromatic carbocycles. The Morgan fingerprint density at radius 3 is 2.08 bits per heavy atom. The Balaban J connectivity index is 1.85. The highest BCUT2D eigenvalue weighted by atomic mass is 127. The van der Waals surface area contributed by atoms with Crippen LogP contribution in [-0.2, 0) is 23.7 Å². The smallest absolute Gasteiger partial charge is 0.249 e. The van der Waals surface area contributed by atoms with Crippen LogP contribution in [0.5, 0.6) is 0 Å². The molecule has 3 fully saturated rings. The fourth-order valence-corrected chi connectivity index (χ4v) is 5.77. The Bertz CT molecular complexity index is 820. The van der Waals surface area contributed by atoms with Crippen molar-refractivity contribution in [1.82, 2.24) is 5.32 Å². The molecule has 0 bridgehead atoms. The molecule has 18 heteroatoms. The Hall–Kier alpha value is -0.400. The van der Waals surface area contributed by atoms with E-state index in [0.29, 0.717) is 4.43 Å². The van der Waals surface area contributed by atoms with Crippen LogP contribution in [0.4, 0.5) is 0 Å². The second-order valence-electron chi connectivity index (χ2n) is 10.3. The third-order valence-corrected chi connectivity index (χ3v) is 8.35. The second kappa shape index (κ2) is 14.9. The molecule has 16 N–H and O–H groups in total. The zero-order chi connectivity index (χ0) is 29.9. The Labute approximate surface area is 244 Å². The number of hydrogen-bond donors (Lipinski definition) is 12. The predicted molar refractivity (Wildman–Crippen MR) is 143 cm³/mol. The van der Waals surface area contributed by atoms with Crippen molar-refractivity contribution in [3.63, 3.8) is 0 Å². The molecule has 3 rings (SSSR count). The number of aliphatic hydroxyl groups excluding tert-OH is 7. The molecule has 2 aliphatic heterocycles. The number of rotatable bonds is 10. The molecule has 16 atom stereocenters. The van der Waals surface area contributed by atoms with Gasteiger partial charge in [-0.2, -0.15) is 0 Å². The van der Waals surface area contributed by atoms with E-state index in [-0.39, 0.29) is 25.9 Å². The van der Waals surface area contributed by atoms with Gasteiger partial charge >= 0.3 is 0 Å². The first-order chi connectivity index (χ1) is 18.9. The van der Waals surface area contributed by atoms with Gasteiger partial charge in [-0.25, -0.2) is 0 Å². The van der Waals surface area contributed by atoms with Crippen LogP contribution in [0.1, 0.15) is 12.8 Å². The van der Waals surface area contributed by atoms with E-state index < -0.39 is 104 Å². The van der Waals surface area contributed by atoms with E-state index in [1.54, 1.807) is 0 Å². The number of aliphatic hydroxyl groups is 7. The quantitative estimate of drug-likeness (QED) is 0.0746. The van der Waals surface area contributed by atoms with E-state index in [4.69, 9.17) is 41.9 Å². The molecule has 3 aliphatic rings. The van der Waals surface area contributed by atoms with Crippen molar-refractivity contribution in [1.29, 1.82) is 0 Å². The maximum atomic E-state index is 12.6. The minimum absolute atomic E-state index is 0.0330. The van der Waals surface area contributed by atoms with E-state index in [0.717, 1.165) is 0 Å². The average molecular weight is 696 g/mol. The van der Waals surface area contributed by atoms with Gasteiger partial charge < -0.3 is 82.9 Å². The second-order valence-corrected chi connectivity index (χ2v) is 11.2. The van der Waals surface area contributed by atoms with Crippen LogP contribution in [-0.4, -0.2) is 157 Å². The van der Waals surface area contributed by atoms with Gasteiger partial charge in [-0.3, -0.25) is 4.79 Å². The molecule has 0 spiro atoms. The highest BCUT2D eigenvalue weighted by Gasteiger charge is 2.52. The lowest BCUT2D eigenvalue weighted by atomic mass is 9.83. The number of carbonyl (C=O) groups excluding carboxylic acids is 1. The summed E-state index contributed by atoms with van der Waals surface area (Å²) in [5.41, 5.74) is 23.3. The Morgan fingerprint density at radius 1 is 0.875 bits per heavy atom. The first-order valence-corrected chi connectivity index (χ1v) is 14.5. The summed E-state index contributed by atoms with van der Waals surface area (Å²) in [5, 5.41) is 75.7. The van der Waals surface area contributed by atoms with E-state index in [9.17, 15) is 40.5 Å². The number of nitrogens with one attached hydrogen (secondary N) is 1. The molecule has 1 saturated carbocycles. The molecule has 2 heterocycles. The van der Waals surface area contributed by atoms with Crippen molar-refractivity contribution < 1.29 is 59.5 Å². The van der Waals surface area contributed by atoms with Crippen LogP contribution in [0.3, 0.4) is 0 Å². The monoisotopic (exact) mass is 695 g/mol. The van der Waals surface area contributed by atoms with Crippen LogP contribution in [0.25, 0.3) is 0 Å². The molecular formula is C22H42IN5O12. The van der Waals surface area contributed by atoms with Gasteiger partial charge in [0.25, 0.3) is 0 Å². The summed E-state index contributed by atoms with van der Waals surface area (Å²) in [6.07, 6.45) is -18.5. The van der Waals surface area contributed by atoms with Crippen molar-refractivity contribution >= 4 is 28.5 Å². The topological polar surface area (TPSA) is 312 Å². The van der Waals surface area contributed by atoms with Gasteiger partial charge in [0.15, 0.2) is 12.6 Å². The molecule has 2 saturated heterocycles. The molecule has 17 nitrogen and oxygen atoms in total. The van der Waals surface area contributed by atoms with Crippen LogP contribution in [0.2, 0.25) is 0 Å². The molecule has 0 radical (unpaired) electrons. The van der Waals surface area contributed by atoms with Crippen LogP contribution in [0.15, 0.2) is 0 Å². The van der Waals surface area contributed by atoms with Crippen molar-refractivity contribution in [2.75, 3.05) is 17.5 Å². The van der Waals surface area contributed by atoms with Crippen LogP contribution in [0, 0.1) is 0 Å². The van der Waals surface area contributed by atoms with Crippen molar-refractivity contribution in [3.8, 4) is 0 Å². The molecule has 0 aromatic rings. The third kappa shape index (κ3) is 7.38. The number of ether oxygens (including phenoxy) is 4. The maximum absolute atomic E-state index is 12.6. The summed E-state index contributed by atoms with van der Waals surface area (Å²) in [5.74, 6) is -0.806. The van der Waals surface area contributed by atoms with E-state index in [2.05, 4.69) is 5.32 Å². The number of halogens is 1. The lowest BCUT2D eigenvalue weighted by molar-refractivity contribution is -0.330. The number of alkyl halides is 1. The number of nitrogens with two attached hydrogens (primary N) is 4. The molecule has 234 valence electrons. The fourth-order valence-electron chi connectivity index (χ4n) is 5.04. The summed E-state index contributed by atoms with van der Waals surface area (Å²) in [6, 6.07) is -3.20. The van der Waals surface area contributed by atoms with E-state index >= 15 is 0 Å². The zero-order valence-electron chi connectivity index (χ0n) is 21.6. The first kappa shape index (κ1) is 34.1. The van der Waals surface area contributed by atoms with Gasteiger partial charge in [0, 0.05) is 17.0 Å². The fraction of sp³-hybridized carbons (Fsp3) is 0.955. The molecule has 40 heavy (non-hydrogen) atoms. The lowest BCUT2D eigenvalue weighted by Crippen LogP contribution is -2.69. The molecule has 0 unspecified atom stereocenters. The Kier molecular flexibility index (Phi) is 12.7. The average Bonchev–Trinajstić information content (AvgIpc) is 2.92. The van der Waals surface area contributed by atoms with Gasteiger partial charge in [0.2, 0.25) is 5.91 Å². The largest absolute Gasteiger partial charge is 0.389 e. The minimum Gasteiger partial charge on any atom is -0.389 e. The summed E-state index contributed by atoms with van der Waals surface area (Å²) < 4.78 is 23.2. The SMILES string of the molecule is NCC[C@H](O)C(=O)N[C@@H]1C[C@H](N)[C@@H](O[C@H]2O[C@H](CN)[C@@H](O)[C@H](O)[C@H]2O)[C@H](O)[C@H]1O[C@H]1O[C@H](CI)[C@@H](O)[C@H](N)[C@H]1O. The standard InChI is InChI=1S/C22H42IN5O12/c23-4-9-12(30)11(27)14(32)21(37-9)40-19-7(28-20(36)8(29)1-2-24)3-6(26)18(17(19)35)39-22-16(34)15(33)13(31)10(5-25)38-22/h6-19,21-22,29-35H,1-5,24-27H2,(H,28,36)/t6-,7+,8-,9+,10+,11-,12+,13+,14+,15-,16+,17-,18+,19-,21+,22+/m0/s1. The van der Waals surface area contributed by atoms with Gasteiger partial charge in [-0.05, 0) is 19.4 Å². The third-order valence-electron chi connectivity index (χ3n) is 7.48. The lowest BCUT2D eigenvalue weighted by Gasteiger charge is -2.49. The van der Waals surface area contributed by atoms with Crippen LogP contribution < -0.4 is 28.3 Å². The zero-order valence-corrected chi connectivity index (χ0v) is 23.8. The maximum Gasteiger partial charge on any atom is 0.249 e. The van der Waals surface area contributed by atoms with Crippen LogP contribution >= 0.6 is 22.6 Å². The number of hydrogen-bond acceptors (Lipinski definition) is 16. The van der Waals surface area contributed by atoms with Gasteiger partial charge in [0.05, 0.1) is 24.3 Å². The number of amides is 1. The molecular weight excluding hydrogens is 653 g/mol. The van der Waals surface area contributed by atoms with Crippen molar-refractivity contribution in [2.45, 2.75) is 111 Å². The molecule has 1 amide bonds. The summed E-state index contributed by atoms with van der Waals surface area (Å²) in [7, 11) is 0. The predicted octanol–water partition coefficient (Wildman–Crippen LogP) is -6.98. The summed E-state index contributed by atoms with van der Waals surface area (Å²) >= 11 is 1.96. The Morgan fingerprint density at radius 2 is 1.48 bits per heavy atom. The van der Waals surface area contributed by atoms with Gasteiger partial charge in [-0.1, -0.05) is 22.6 Å². The minimum atomic E-state index is -1.73. The molecule has 1 aliphatic carbocycles. The first-order valence-electron chi connectivity index (χ1n) is 13.0. The van der Waals surface area contributed by atoms with E-state index in [1.165, 1.54) is 0 Å². The highest BCUT2D eigenvalue weighted by Crippen LogP contribution is 2.32. The summed E-state index contributed by atoms with van der Waals surface area (Å²) in [4.78, 5) is 12.6. The number of carbonyl (C=O) groups is 1. The summed E-state index contributed by atoms with van der Waals surface area (Å²) in [6.45, 7) is -0.179. The van der Waals surface area contributed by atoms with E-state index in [1.807, 2.05) is 22.6 Å². The van der Waals surface area contributed by atoms with Crippen molar-refractivity contribution in [3.05, 3.63) is 0 Å².